The summed E-state index contributed by atoms with van der Waals surface area (Å²) in [7, 11) is 0. The van der Waals surface area contributed by atoms with Crippen LogP contribution in [-0.2, 0) is 9.53 Å². The number of carbonyl (C=O) groups is 1. The fourth-order valence-electron chi connectivity index (χ4n) is 0.866. The van der Waals surface area contributed by atoms with Crippen molar-refractivity contribution in [2.75, 3.05) is 13.2 Å². The largest absolute Gasteiger partial charge is 0.369 e. The SMILES string of the molecule is CC(C)OCC(=O)NCC(C)C(C)(C)C. The maximum absolute atomic E-state index is 11.3. The zero-order valence-electron chi connectivity index (χ0n) is 10.9. The number of amides is 1. The monoisotopic (exact) mass is 215 g/mol. The average molecular weight is 215 g/mol. The standard InChI is InChI=1S/C12H25NO2/c1-9(2)15-8-11(14)13-7-10(3)12(4,5)6/h9-10H,7-8H2,1-6H3,(H,13,14). The summed E-state index contributed by atoms with van der Waals surface area (Å²) in [6, 6.07) is 0. The van der Waals surface area contributed by atoms with Gasteiger partial charge in [-0.05, 0) is 25.2 Å². The van der Waals surface area contributed by atoms with Gasteiger partial charge in [0.2, 0.25) is 5.91 Å². The normalized spacial score (nSPS) is 14.1. The van der Waals surface area contributed by atoms with E-state index in [1.54, 1.807) is 0 Å². The van der Waals surface area contributed by atoms with Gasteiger partial charge in [0.05, 0.1) is 6.10 Å². The first-order chi connectivity index (χ1) is 6.73. The molecular weight excluding hydrogens is 190 g/mol. The van der Waals surface area contributed by atoms with Crippen molar-refractivity contribution in [1.29, 1.82) is 0 Å². The summed E-state index contributed by atoms with van der Waals surface area (Å²) in [5, 5.41) is 2.88. The third kappa shape index (κ3) is 7.37. The number of nitrogens with one attached hydrogen (secondary N) is 1. The van der Waals surface area contributed by atoms with E-state index in [-0.39, 0.29) is 24.0 Å². The molecule has 1 atom stereocenters. The number of hydrogen-bond acceptors (Lipinski definition) is 2. The van der Waals surface area contributed by atoms with Crippen LogP contribution in [0, 0.1) is 11.3 Å². The van der Waals surface area contributed by atoms with E-state index in [1.807, 2.05) is 13.8 Å². The van der Waals surface area contributed by atoms with Crippen LogP contribution in [-0.4, -0.2) is 25.2 Å². The van der Waals surface area contributed by atoms with Gasteiger partial charge in [-0.1, -0.05) is 27.7 Å². The number of ether oxygens (including phenoxy) is 1. The predicted molar refractivity (Wildman–Crippen MR) is 62.7 cm³/mol. The second-order valence-corrected chi connectivity index (χ2v) is 5.43. The topological polar surface area (TPSA) is 38.3 Å². The summed E-state index contributed by atoms with van der Waals surface area (Å²) in [5.74, 6) is 0.431. The van der Waals surface area contributed by atoms with Gasteiger partial charge < -0.3 is 10.1 Å². The highest BCUT2D eigenvalue weighted by Crippen LogP contribution is 2.24. The van der Waals surface area contributed by atoms with Crippen molar-refractivity contribution in [3.8, 4) is 0 Å². The quantitative estimate of drug-likeness (QED) is 0.763. The van der Waals surface area contributed by atoms with Crippen molar-refractivity contribution in [2.24, 2.45) is 11.3 Å². The number of hydrogen-bond donors (Lipinski definition) is 1. The molecule has 90 valence electrons. The summed E-state index contributed by atoms with van der Waals surface area (Å²) in [6.07, 6.45) is 0.107. The van der Waals surface area contributed by atoms with Crippen LogP contribution in [0.4, 0.5) is 0 Å². The molecule has 0 fully saturated rings. The molecule has 0 aromatic rings. The van der Waals surface area contributed by atoms with Gasteiger partial charge in [-0.25, -0.2) is 0 Å². The summed E-state index contributed by atoms with van der Waals surface area (Å²) >= 11 is 0. The minimum Gasteiger partial charge on any atom is -0.369 e. The van der Waals surface area contributed by atoms with E-state index in [2.05, 4.69) is 33.0 Å². The van der Waals surface area contributed by atoms with Gasteiger partial charge in [-0.3, -0.25) is 4.79 Å². The van der Waals surface area contributed by atoms with E-state index in [0.717, 1.165) is 0 Å². The van der Waals surface area contributed by atoms with Crippen LogP contribution >= 0.6 is 0 Å². The molecule has 0 radical (unpaired) electrons. The Morgan fingerprint density at radius 3 is 2.20 bits per heavy atom. The zero-order valence-corrected chi connectivity index (χ0v) is 10.9. The molecule has 0 bridgehead atoms. The Morgan fingerprint density at radius 1 is 1.27 bits per heavy atom. The molecule has 0 aromatic heterocycles. The van der Waals surface area contributed by atoms with Gasteiger partial charge in [0.1, 0.15) is 6.61 Å². The molecular formula is C12H25NO2. The Balaban J connectivity index is 3.72. The average Bonchev–Trinajstić information content (AvgIpc) is 2.09. The molecule has 0 aliphatic rings. The van der Waals surface area contributed by atoms with Crippen molar-refractivity contribution in [1.82, 2.24) is 5.32 Å². The minimum atomic E-state index is -0.0280. The van der Waals surface area contributed by atoms with Crippen molar-refractivity contribution < 1.29 is 9.53 Å². The lowest BCUT2D eigenvalue weighted by molar-refractivity contribution is -0.127. The number of rotatable bonds is 5. The Kier molecular flexibility index (Phi) is 5.88. The molecule has 15 heavy (non-hydrogen) atoms. The summed E-state index contributed by atoms with van der Waals surface area (Å²) in [5.41, 5.74) is 0.228. The minimum absolute atomic E-state index is 0.0280. The molecule has 1 amide bonds. The lowest BCUT2D eigenvalue weighted by atomic mass is 9.82. The molecule has 3 heteroatoms. The molecule has 0 saturated carbocycles. The van der Waals surface area contributed by atoms with Gasteiger partial charge in [0.15, 0.2) is 0 Å². The highest BCUT2D eigenvalue weighted by Gasteiger charge is 2.20. The van der Waals surface area contributed by atoms with Crippen molar-refractivity contribution in [2.45, 2.75) is 47.6 Å². The molecule has 0 rings (SSSR count). The summed E-state index contributed by atoms with van der Waals surface area (Å²) < 4.78 is 5.21. The lowest BCUT2D eigenvalue weighted by Gasteiger charge is -2.27. The molecule has 0 aliphatic heterocycles. The molecule has 0 saturated heterocycles. The van der Waals surface area contributed by atoms with Crippen LogP contribution in [0.25, 0.3) is 0 Å². The smallest absolute Gasteiger partial charge is 0.246 e. The predicted octanol–water partition coefficient (Wildman–Crippen LogP) is 2.21. The Morgan fingerprint density at radius 2 is 1.80 bits per heavy atom. The van der Waals surface area contributed by atoms with Gasteiger partial charge >= 0.3 is 0 Å². The Labute approximate surface area is 93.6 Å². The zero-order chi connectivity index (χ0) is 12.1. The van der Waals surface area contributed by atoms with E-state index in [0.29, 0.717) is 12.5 Å². The third-order valence-corrected chi connectivity index (χ3v) is 2.63. The first kappa shape index (κ1) is 14.4. The van der Waals surface area contributed by atoms with Crippen molar-refractivity contribution in [3.05, 3.63) is 0 Å². The number of carbonyl (C=O) groups excluding carboxylic acids is 1. The maximum atomic E-state index is 11.3. The molecule has 1 unspecified atom stereocenters. The van der Waals surface area contributed by atoms with Crippen LogP contribution in [0.15, 0.2) is 0 Å². The molecule has 0 heterocycles. The van der Waals surface area contributed by atoms with Crippen LogP contribution in [0.3, 0.4) is 0 Å². The first-order valence-corrected chi connectivity index (χ1v) is 5.61. The van der Waals surface area contributed by atoms with Crippen LogP contribution in [0.2, 0.25) is 0 Å². The van der Waals surface area contributed by atoms with E-state index in [4.69, 9.17) is 4.74 Å². The van der Waals surface area contributed by atoms with Gasteiger partial charge in [-0.15, -0.1) is 0 Å². The first-order valence-electron chi connectivity index (χ1n) is 5.61. The van der Waals surface area contributed by atoms with E-state index < -0.39 is 0 Å². The van der Waals surface area contributed by atoms with Crippen LogP contribution in [0.1, 0.15) is 41.5 Å². The highest BCUT2D eigenvalue weighted by molar-refractivity contribution is 5.77. The van der Waals surface area contributed by atoms with Crippen LogP contribution in [0.5, 0.6) is 0 Å². The maximum Gasteiger partial charge on any atom is 0.246 e. The second-order valence-electron chi connectivity index (χ2n) is 5.43. The molecule has 1 N–H and O–H groups in total. The van der Waals surface area contributed by atoms with Gasteiger partial charge in [0.25, 0.3) is 0 Å². The van der Waals surface area contributed by atoms with Crippen molar-refractivity contribution in [3.63, 3.8) is 0 Å². The van der Waals surface area contributed by atoms with Crippen molar-refractivity contribution >= 4 is 5.91 Å². The molecule has 0 aliphatic carbocycles. The van der Waals surface area contributed by atoms with Gasteiger partial charge in [0, 0.05) is 6.54 Å². The molecule has 0 spiro atoms. The molecule has 3 nitrogen and oxygen atoms in total. The summed E-state index contributed by atoms with van der Waals surface area (Å²) in [4.78, 5) is 11.3. The van der Waals surface area contributed by atoms with Gasteiger partial charge in [-0.2, -0.15) is 0 Å². The summed E-state index contributed by atoms with van der Waals surface area (Å²) in [6.45, 7) is 13.4. The molecule has 0 aromatic carbocycles. The van der Waals surface area contributed by atoms with E-state index >= 15 is 0 Å². The lowest BCUT2D eigenvalue weighted by Crippen LogP contribution is -2.36. The van der Waals surface area contributed by atoms with E-state index in [9.17, 15) is 4.79 Å². The highest BCUT2D eigenvalue weighted by atomic mass is 16.5. The van der Waals surface area contributed by atoms with E-state index in [1.165, 1.54) is 0 Å². The fourth-order valence-corrected chi connectivity index (χ4v) is 0.866. The van der Waals surface area contributed by atoms with Crippen LogP contribution < -0.4 is 5.32 Å². The second kappa shape index (κ2) is 6.11. The Bertz CT molecular complexity index is 194. The fraction of sp³-hybridized carbons (Fsp3) is 0.917. The third-order valence-electron chi connectivity index (χ3n) is 2.63. The Hall–Kier alpha value is -0.570.